The van der Waals surface area contributed by atoms with E-state index in [1.807, 2.05) is 0 Å². The first-order valence-electron chi connectivity index (χ1n) is 7.62. The molecule has 9 nitrogen and oxygen atoms in total. The third kappa shape index (κ3) is 4.44. The summed E-state index contributed by atoms with van der Waals surface area (Å²) in [6.45, 7) is -0.260. The van der Waals surface area contributed by atoms with E-state index in [9.17, 15) is 14.4 Å². The first kappa shape index (κ1) is 19.1. The number of carbonyl (C=O) groups is 3. The van der Waals surface area contributed by atoms with Crippen molar-refractivity contribution >= 4 is 24.0 Å². The van der Waals surface area contributed by atoms with Crippen molar-refractivity contribution in [3.8, 4) is 17.2 Å². The monoisotopic (exact) mass is 365 g/mol. The number of methoxy groups -OCH3 is 3. The van der Waals surface area contributed by atoms with Gasteiger partial charge in [0.2, 0.25) is 5.75 Å². The fraction of sp³-hybridized carbons (Fsp3) is 0.353. The van der Waals surface area contributed by atoms with Crippen LogP contribution in [0.3, 0.4) is 0 Å². The number of ether oxygens (including phenoxy) is 5. The lowest BCUT2D eigenvalue weighted by molar-refractivity contribution is -0.146. The van der Waals surface area contributed by atoms with Crippen LogP contribution in [0.25, 0.3) is 6.08 Å². The highest BCUT2D eigenvalue weighted by Crippen LogP contribution is 2.38. The Hall–Kier alpha value is -3.23. The van der Waals surface area contributed by atoms with Gasteiger partial charge in [-0.3, -0.25) is 4.79 Å². The van der Waals surface area contributed by atoms with Crippen LogP contribution in [0, 0.1) is 0 Å². The molecule has 0 unspecified atom stereocenters. The van der Waals surface area contributed by atoms with Crippen molar-refractivity contribution in [2.75, 3.05) is 41.1 Å². The van der Waals surface area contributed by atoms with Crippen LogP contribution in [0.2, 0.25) is 0 Å². The van der Waals surface area contributed by atoms with Crippen molar-refractivity contribution in [2.24, 2.45) is 0 Å². The van der Waals surface area contributed by atoms with Gasteiger partial charge in [0.05, 0.1) is 27.9 Å². The molecule has 0 saturated carbocycles. The summed E-state index contributed by atoms with van der Waals surface area (Å²) in [5.41, 5.74) is 0.603. The molecule has 1 fully saturated rings. The van der Waals surface area contributed by atoms with E-state index in [0.717, 1.165) is 11.0 Å². The van der Waals surface area contributed by atoms with Gasteiger partial charge >= 0.3 is 12.1 Å². The number of hydrogen-bond donors (Lipinski definition) is 0. The van der Waals surface area contributed by atoms with E-state index in [-0.39, 0.29) is 13.2 Å². The summed E-state index contributed by atoms with van der Waals surface area (Å²) < 4.78 is 25.1. The fourth-order valence-corrected chi connectivity index (χ4v) is 2.24. The second-order valence-electron chi connectivity index (χ2n) is 5.06. The van der Waals surface area contributed by atoms with Crippen molar-refractivity contribution in [3.05, 3.63) is 23.8 Å². The number of hydrogen-bond acceptors (Lipinski definition) is 8. The average Bonchev–Trinajstić information content (AvgIpc) is 3.09. The fourth-order valence-electron chi connectivity index (χ4n) is 2.24. The van der Waals surface area contributed by atoms with Crippen LogP contribution in [0.5, 0.6) is 17.2 Å². The van der Waals surface area contributed by atoms with Crippen LogP contribution in [0.1, 0.15) is 5.56 Å². The predicted molar refractivity (Wildman–Crippen MR) is 89.2 cm³/mol. The second-order valence-corrected chi connectivity index (χ2v) is 5.06. The molecule has 0 bridgehead atoms. The zero-order valence-corrected chi connectivity index (χ0v) is 14.6. The zero-order chi connectivity index (χ0) is 19.1. The second kappa shape index (κ2) is 8.75. The SMILES string of the molecule is COc1cc(/C=C/C(=O)OCC(=O)N2CCOC2=O)cc(OC)c1OC. The van der Waals surface area contributed by atoms with Crippen molar-refractivity contribution in [1.29, 1.82) is 0 Å². The van der Waals surface area contributed by atoms with Gasteiger partial charge in [0.1, 0.15) is 6.61 Å². The standard InChI is InChI=1S/C17H19NO8/c1-22-12-8-11(9-13(23-2)16(12)24-3)4-5-15(20)26-10-14(19)18-6-7-25-17(18)21/h4-5,8-9H,6-7,10H2,1-3H3/b5-4+. The first-order valence-corrected chi connectivity index (χ1v) is 7.62. The number of rotatable bonds is 7. The molecule has 0 radical (unpaired) electrons. The van der Waals surface area contributed by atoms with E-state index in [0.29, 0.717) is 22.8 Å². The molecule has 0 spiro atoms. The van der Waals surface area contributed by atoms with Crippen LogP contribution in [-0.2, 0) is 19.1 Å². The van der Waals surface area contributed by atoms with Gasteiger partial charge in [-0.25, -0.2) is 14.5 Å². The number of cyclic esters (lactones) is 1. The maximum Gasteiger partial charge on any atom is 0.416 e. The topological polar surface area (TPSA) is 101 Å². The molecule has 1 aliphatic heterocycles. The molecule has 9 heteroatoms. The normalized spacial score (nSPS) is 13.5. The van der Waals surface area contributed by atoms with Crippen molar-refractivity contribution < 1.29 is 38.1 Å². The van der Waals surface area contributed by atoms with Crippen molar-refractivity contribution in [3.63, 3.8) is 0 Å². The third-order valence-electron chi connectivity index (χ3n) is 3.50. The first-order chi connectivity index (χ1) is 12.5. The van der Waals surface area contributed by atoms with Crippen LogP contribution in [-0.4, -0.2) is 64.0 Å². The summed E-state index contributed by atoms with van der Waals surface area (Å²) in [5, 5.41) is 0. The number of amides is 2. The Labute approximate surface area is 150 Å². The van der Waals surface area contributed by atoms with E-state index in [4.69, 9.17) is 18.9 Å². The minimum Gasteiger partial charge on any atom is -0.493 e. The minimum atomic E-state index is -0.737. The van der Waals surface area contributed by atoms with E-state index in [2.05, 4.69) is 4.74 Å². The highest BCUT2D eigenvalue weighted by atomic mass is 16.6. The maximum atomic E-state index is 11.8. The molecule has 0 aliphatic carbocycles. The quantitative estimate of drug-likeness (QED) is 0.526. The summed E-state index contributed by atoms with van der Waals surface area (Å²) in [4.78, 5) is 35.6. The summed E-state index contributed by atoms with van der Waals surface area (Å²) in [7, 11) is 4.45. The molecular formula is C17H19NO8. The molecule has 0 N–H and O–H groups in total. The molecule has 1 aromatic carbocycles. The number of esters is 1. The molecule has 26 heavy (non-hydrogen) atoms. The van der Waals surface area contributed by atoms with Crippen LogP contribution in [0.4, 0.5) is 4.79 Å². The Balaban J connectivity index is 1.99. The Morgan fingerprint density at radius 1 is 1.15 bits per heavy atom. The van der Waals surface area contributed by atoms with Gasteiger partial charge in [-0.2, -0.15) is 0 Å². The van der Waals surface area contributed by atoms with E-state index in [1.165, 1.54) is 27.4 Å². The highest BCUT2D eigenvalue weighted by molar-refractivity contribution is 5.95. The molecular weight excluding hydrogens is 346 g/mol. The number of imide groups is 1. The largest absolute Gasteiger partial charge is 0.493 e. The average molecular weight is 365 g/mol. The Bertz CT molecular complexity index is 702. The van der Waals surface area contributed by atoms with Gasteiger partial charge in [0.15, 0.2) is 18.1 Å². The molecule has 1 heterocycles. The molecule has 2 rings (SSSR count). The maximum absolute atomic E-state index is 11.8. The van der Waals surface area contributed by atoms with Crippen LogP contribution in [0.15, 0.2) is 18.2 Å². The van der Waals surface area contributed by atoms with Gasteiger partial charge in [0.25, 0.3) is 5.91 Å². The summed E-state index contributed by atoms with van der Waals surface area (Å²) in [6.07, 6.45) is 1.89. The molecule has 0 atom stereocenters. The van der Waals surface area contributed by atoms with Gasteiger partial charge < -0.3 is 23.7 Å². The Morgan fingerprint density at radius 2 is 1.81 bits per heavy atom. The minimum absolute atomic E-state index is 0.138. The Kier molecular flexibility index (Phi) is 6.42. The van der Waals surface area contributed by atoms with E-state index >= 15 is 0 Å². The van der Waals surface area contributed by atoms with Crippen LogP contribution < -0.4 is 14.2 Å². The molecule has 1 saturated heterocycles. The van der Waals surface area contributed by atoms with Gasteiger partial charge in [0, 0.05) is 6.08 Å². The predicted octanol–water partition coefficient (Wildman–Crippen LogP) is 1.25. The number of benzene rings is 1. The number of carbonyl (C=O) groups excluding carboxylic acids is 3. The van der Waals surface area contributed by atoms with Gasteiger partial charge in [-0.15, -0.1) is 0 Å². The van der Waals surface area contributed by atoms with Crippen LogP contribution >= 0.6 is 0 Å². The summed E-state index contributed by atoms with van der Waals surface area (Å²) in [6, 6.07) is 3.30. The van der Waals surface area contributed by atoms with Gasteiger partial charge in [-0.05, 0) is 23.8 Å². The summed E-state index contributed by atoms with van der Waals surface area (Å²) in [5.74, 6) is -0.0790. The Morgan fingerprint density at radius 3 is 2.31 bits per heavy atom. The van der Waals surface area contributed by atoms with Crippen molar-refractivity contribution in [1.82, 2.24) is 4.90 Å². The lowest BCUT2D eigenvalue weighted by Crippen LogP contribution is -2.35. The van der Waals surface area contributed by atoms with Crippen molar-refractivity contribution in [2.45, 2.75) is 0 Å². The zero-order valence-electron chi connectivity index (χ0n) is 14.6. The molecule has 1 aliphatic rings. The van der Waals surface area contributed by atoms with Gasteiger partial charge in [-0.1, -0.05) is 0 Å². The smallest absolute Gasteiger partial charge is 0.416 e. The van der Waals surface area contributed by atoms with E-state index in [1.54, 1.807) is 12.1 Å². The number of nitrogens with zero attached hydrogens (tertiary/aromatic N) is 1. The molecule has 140 valence electrons. The molecule has 1 aromatic rings. The van der Waals surface area contributed by atoms with E-state index < -0.39 is 24.6 Å². The molecule has 0 aromatic heterocycles. The lowest BCUT2D eigenvalue weighted by Gasteiger charge is -2.12. The highest BCUT2D eigenvalue weighted by Gasteiger charge is 2.28. The third-order valence-corrected chi connectivity index (χ3v) is 3.50. The summed E-state index contributed by atoms with van der Waals surface area (Å²) >= 11 is 0. The molecule has 2 amide bonds. The lowest BCUT2D eigenvalue weighted by atomic mass is 10.1.